The quantitative estimate of drug-likeness (QED) is 0.532. The Labute approximate surface area is 69.5 Å². The van der Waals surface area contributed by atoms with Gasteiger partial charge in [0.05, 0.1) is 0 Å². The van der Waals surface area contributed by atoms with Crippen molar-refractivity contribution < 1.29 is 9.13 Å². The number of benzene rings is 1. The van der Waals surface area contributed by atoms with Gasteiger partial charge in [0.2, 0.25) is 0 Å². The van der Waals surface area contributed by atoms with Gasteiger partial charge in [-0.2, -0.15) is 0 Å². The molecule has 0 aromatic heterocycles. The molecule has 60 valence electrons. The molecule has 0 amide bonds. The summed E-state index contributed by atoms with van der Waals surface area (Å²) in [5.41, 5.74) is 1.63. The molecule has 0 saturated carbocycles. The molecule has 1 nitrogen and oxygen atoms in total. The standard InChI is InChI=1S/C10H7FO/c11-10-6-5-9(12-10)7-3-1-2-4-8(7)10/h1-6,9H. The van der Waals surface area contributed by atoms with Crippen LogP contribution in [0.25, 0.3) is 0 Å². The van der Waals surface area contributed by atoms with E-state index in [9.17, 15) is 4.39 Å². The summed E-state index contributed by atoms with van der Waals surface area (Å²) in [6, 6.07) is 7.42. The molecule has 0 aliphatic carbocycles. The van der Waals surface area contributed by atoms with Crippen molar-refractivity contribution in [2.45, 2.75) is 12.0 Å². The van der Waals surface area contributed by atoms with Crippen molar-refractivity contribution >= 4 is 0 Å². The minimum absolute atomic E-state index is 0.161. The van der Waals surface area contributed by atoms with E-state index in [1.165, 1.54) is 6.08 Å². The van der Waals surface area contributed by atoms with E-state index in [0.29, 0.717) is 5.56 Å². The summed E-state index contributed by atoms with van der Waals surface area (Å²) in [4.78, 5) is 0. The molecule has 2 heteroatoms. The summed E-state index contributed by atoms with van der Waals surface area (Å²) in [6.45, 7) is 0. The smallest absolute Gasteiger partial charge is 0.256 e. The van der Waals surface area contributed by atoms with Crippen LogP contribution in [-0.4, -0.2) is 0 Å². The minimum atomic E-state index is -1.64. The molecular formula is C10H7FO. The van der Waals surface area contributed by atoms with Gasteiger partial charge in [-0.25, -0.2) is 4.39 Å². The van der Waals surface area contributed by atoms with Gasteiger partial charge in [-0.15, -0.1) is 0 Å². The first-order valence-corrected chi connectivity index (χ1v) is 3.95. The first kappa shape index (κ1) is 6.38. The predicted molar refractivity (Wildman–Crippen MR) is 42.2 cm³/mol. The Morgan fingerprint density at radius 1 is 1.33 bits per heavy atom. The topological polar surface area (TPSA) is 9.23 Å². The number of fused-ring (bicyclic) bond motifs is 5. The van der Waals surface area contributed by atoms with Crippen molar-refractivity contribution in [3.63, 3.8) is 0 Å². The highest BCUT2D eigenvalue weighted by molar-refractivity contribution is 5.44. The fraction of sp³-hybridized carbons (Fsp3) is 0.200. The lowest BCUT2D eigenvalue weighted by Gasteiger charge is -2.12. The highest BCUT2D eigenvalue weighted by Crippen LogP contribution is 2.50. The van der Waals surface area contributed by atoms with Crippen LogP contribution >= 0.6 is 0 Å². The van der Waals surface area contributed by atoms with E-state index >= 15 is 0 Å². The lowest BCUT2D eigenvalue weighted by molar-refractivity contribution is -0.100. The molecular weight excluding hydrogens is 155 g/mol. The Morgan fingerprint density at radius 2 is 2.17 bits per heavy atom. The largest absolute Gasteiger partial charge is 0.327 e. The molecule has 0 radical (unpaired) electrons. The zero-order valence-corrected chi connectivity index (χ0v) is 6.33. The average Bonchev–Trinajstić information content (AvgIpc) is 2.60. The van der Waals surface area contributed by atoms with Crippen molar-refractivity contribution in [3.05, 3.63) is 47.5 Å². The van der Waals surface area contributed by atoms with Crippen LogP contribution in [0.15, 0.2) is 36.4 Å². The van der Waals surface area contributed by atoms with Gasteiger partial charge in [0.1, 0.15) is 6.10 Å². The summed E-state index contributed by atoms with van der Waals surface area (Å²) < 4.78 is 18.9. The molecule has 0 fully saturated rings. The van der Waals surface area contributed by atoms with Gasteiger partial charge in [0, 0.05) is 5.56 Å². The summed E-state index contributed by atoms with van der Waals surface area (Å²) in [7, 11) is 0. The Bertz CT molecular complexity index is 372. The van der Waals surface area contributed by atoms with Gasteiger partial charge in [0.15, 0.2) is 0 Å². The van der Waals surface area contributed by atoms with Crippen LogP contribution in [0, 0.1) is 0 Å². The van der Waals surface area contributed by atoms with Gasteiger partial charge in [0.25, 0.3) is 5.85 Å². The molecule has 2 bridgehead atoms. The highest BCUT2D eigenvalue weighted by Gasteiger charge is 2.46. The normalized spacial score (nSPS) is 35.6. The third kappa shape index (κ3) is 0.573. The van der Waals surface area contributed by atoms with Gasteiger partial charge in [-0.1, -0.05) is 24.3 Å². The summed E-state index contributed by atoms with van der Waals surface area (Å²) >= 11 is 0. The molecule has 2 heterocycles. The van der Waals surface area contributed by atoms with Crippen LogP contribution < -0.4 is 0 Å². The van der Waals surface area contributed by atoms with Crippen molar-refractivity contribution in [1.29, 1.82) is 0 Å². The minimum Gasteiger partial charge on any atom is -0.327 e. The second-order valence-corrected chi connectivity index (χ2v) is 3.13. The molecule has 2 atom stereocenters. The zero-order chi connectivity index (χ0) is 8.18. The van der Waals surface area contributed by atoms with E-state index in [0.717, 1.165) is 5.56 Å². The molecule has 2 aliphatic heterocycles. The molecule has 0 N–H and O–H groups in total. The van der Waals surface area contributed by atoms with Crippen LogP contribution in [0.5, 0.6) is 0 Å². The van der Waals surface area contributed by atoms with Crippen LogP contribution in [0.2, 0.25) is 0 Å². The average molecular weight is 162 g/mol. The van der Waals surface area contributed by atoms with Gasteiger partial charge >= 0.3 is 0 Å². The van der Waals surface area contributed by atoms with E-state index in [4.69, 9.17) is 4.74 Å². The number of halogens is 1. The second-order valence-electron chi connectivity index (χ2n) is 3.13. The second kappa shape index (κ2) is 1.77. The van der Waals surface area contributed by atoms with Gasteiger partial charge in [-0.05, 0) is 17.7 Å². The number of alkyl halides is 1. The van der Waals surface area contributed by atoms with Crippen molar-refractivity contribution in [1.82, 2.24) is 0 Å². The SMILES string of the molecule is FC12C=CC(O1)c1ccccc12. The molecule has 0 saturated heterocycles. The molecule has 0 spiro atoms. The van der Waals surface area contributed by atoms with Crippen LogP contribution in [0.4, 0.5) is 4.39 Å². The lowest BCUT2D eigenvalue weighted by Crippen LogP contribution is -2.12. The van der Waals surface area contributed by atoms with Gasteiger partial charge < -0.3 is 4.74 Å². The maximum atomic E-state index is 13.8. The summed E-state index contributed by atoms with van der Waals surface area (Å²) in [5, 5.41) is 0. The molecule has 2 aliphatic rings. The Kier molecular flexibility index (Phi) is 0.943. The highest BCUT2D eigenvalue weighted by atomic mass is 19.2. The Balaban J connectivity index is 2.31. The fourth-order valence-electron chi connectivity index (χ4n) is 1.85. The van der Waals surface area contributed by atoms with Gasteiger partial charge in [-0.3, -0.25) is 0 Å². The number of hydrogen-bond acceptors (Lipinski definition) is 1. The first-order chi connectivity index (χ1) is 5.80. The molecule has 12 heavy (non-hydrogen) atoms. The maximum absolute atomic E-state index is 13.8. The number of ether oxygens (including phenoxy) is 1. The first-order valence-electron chi connectivity index (χ1n) is 3.95. The summed E-state index contributed by atoms with van der Waals surface area (Å²) in [5.74, 6) is -1.64. The van der Waals surface area contributed by atoms with Crippen LogP contribution in [0.1, 0.15) is 17.2 Å². The zero-order valence-electron chi connectivity index (χ0n) is 6.33. The van der Waals surface area contributed by atoms with Crippen LogP contribution in [-0.2, 0) is 10.6 Å². The number of rotatable bonds is 0. The van der Waals surface area contributed by atoms with E-state index < -0.39 is 5.85 Å². The van der Waals surface area contributed by atoms with Crippen molar-refractivity contribution in [2.75, 3.05) is 0 Å². The van der Waals surface area contributed by atoms with Crippen molar-refractivity contribution in [2.24, 2.45) is 0 Å². The number of hydrogen-bond donors (Lipinski definition) is 0. The summed E-state index contributed by atoms with van der Waals surface area (Å²) in [6.07, 6.45) is 3.09. The van der Waals surface area contributed by atoms with E-state index in [-0.39, 0.29) is 6.10 Å². The third-order valence-electron chi connectivity index (χ3n) is 2.42. The monoisotopic (exact) mass is 162 g/mol. The Morgan fingerprint density at radius 3 is 3.00 bits per heavy atom. The van der Waals surface area contributed by atoms with Crippen LogP contribution in [0.3, 0.4) is 0 Å². The lowest BCUT2D eigenvalue weighted by atomic mass is 9.96. The molecule has 1 aromatic rings. The molecule has 2 unspecified atom stereocenters. The third-order valence-corrected chi connectivity index (χ3v) is 2.42. The molecule has 3 rings (SSSR count). The van der Waals surface area contributed by atoms with E-state index in [1.807, 2.05) is 18.2 Å². The maximum Gasteiger partial charge on any atom is 0.256 e. The Hall–Kier alpha value is -1.15. The predicted octanol–water partition coefficient (Wildman–Crippen LogP) is 2.45. The van der Waals surface area contributed by atoms with E-state index in [2.05, 4.69) is 0 Å². The fourth-order valence-corrected chi connectivity index (χ4v) is 1.85. The molecule has 1 aromatic carbocycles. The van der Waals surface area contributed by atoms with Crippen molar-refractivity contribution in [3.8, 4) is 0 Å². The van der Waals surface area contributed by atoms with E-state index in [1.54, 1.807) is 12.1 Å².